The number of hydrogen-bond donors (Lipinski definition) is 2. The molecule has 2 aromatic rings. The minimum Gasteiger partial charge on any atom is -0.394 e. The summed E-state index contributed by atoms with van der Waals surface area (Å²) in [5, 5.41) is 13.6. The second-order valence-electron chi connectivity index (χ2n) is 6.77. The van der Waals surface area contributed by atoms with Gasteiger partial charge in [0.1, 0.15) is 5.82 Å². The van der Waals surface area contributed by atoms with Crippen LogP contribution in [0.5, 0.6) is 0 Å². The lowest BCUT2D eigenvalue weighted by molar-refractivity contribution is 0.159. The maximum Gasteiger partial charge on any atom is 0.106 e. The fourth-order valence-electron chi connectivity index (χ4n) is 3.93. The monoisotopic (exact) mass is 285 g/mol. The van der Waals surface area contributed by atoms with Gasteiger partial charge in [0.2, 0.25) is 0 Å². The van der Waals surface area contributed by atoms with Gasteiger partial charge < -0.3 is 15.0 Å². The summed E-state index contributed by atoms with van der Waals surface area (Å²) in [5.74, 6) is 1.08. The maximum absolute atomic E-state index is 9.90. The van der Waals surface area contributed by atoms with Crippen LogP contribution in [-0.4, -0.2) is 32.8 Å². The summed E-state index contributed by atoms with van der Waals surface area (Å²) in [4.78, 5) is 4.68. The molecule has 2 saturated carbocycles. The Morgan fingerprint density at radius 2 is 2.14 bits per heavy atom. The summed E-state index contributed by atoms with van der Waals surface area (Å²) < 4.78 is 2.38. The van der Waals surface area contributed by atoms with Crippen molar-refractivity contribution < 1.29 is 5.11 Å². The van der Waals surface area contributed by atoms with Gasteiger partial charge >= 0.3 is 0 Å². The number of fused-ring (bicyclic) bond motifs is 1. The van der Waals surface area contributed by atoms with Crippen molar-refractivity contribution in [3.05, 3.63) is 30.1 Å². The number of benzene rings is 1. The molecule has 4 rings (SSSR count). The summed E-state index contributed by atoms with van der Waals surface area (Å²) >= 11 is 0. The van der Waals surface area contributed by atoms with Crippen molar-refractivity contribution in [2.24, 2.45) is 0 Å². The molecule has 2 fully saturated rings. The summed E-state index contributed by atoms with van der Waals surface area (Å²) in [6, 6.07) is 9.43. The SMILES string of the molecule is Cc1nc2ccccc2n1C1CCC(CO)(NC2CC2)C1. The standard InChI is InChI=1S/C17H23N3O/c1-12-18-15-4-2-3-5-16(15)20(12)14-8-9-17(10-14,11-21)19-13-6-7-13/h2-5,13-14,19,21H,6-11H2,1H3. The summed E-state index contributed by atoms with van der Waals surface area (Å²) in [6.07, 6.45) is 5.69. The Hall–Kier alpha value is -1.39. The second-order valence-corrected chi connectivity index (χ2v) is 6.77. The van der Waals surface area contributed by atoms with Crippen LogP contribution < -0.4 is 5.32 Å². The van der Waals surface area contributed by atoms with Crippen molar-refractivity contribution in [2.45, 2.75) is 56.7 Å². The molecule has 2 unspecified atom stereocenters. The summed E-state index contributed by atoms with van der Waals surface area (Å²) in [7, 11) is 0. The number of aliphatic hydroxyl groups is 1. The molecular formula is C17H23N3O. The molecular weight excluding hydrogens is 262 g/mol. The van der Waals surface area contributed by atoms with E-state index in [1.807, 2.05) is 6.07 Å². The molecule has 1 heterocycles. The van der Waals surface area contributed by atoms with Gasteiger partial charge in [0.25, 0.3) is 0 Å². The van der Waals surface area contributed by atoms with Gasteiger partial charge in [-0.1, -0.05) is 12.1 Å². The van der Waals surface area contributed by atoms with Crippen LogP contribution in [0.15, 0.2) is 24.3 Å². The molecule has 2 aliphatic carbocycles. The molecule has 1 aromatic carbocycles. The van der Waals surface area contributed by atoms with E-state index < -0.39 is 0 Å². The Morgan fingerprint density at radius 1 is 1.33 bits per heavy atom. The lowest BCUT2D eigenvalue weighted by Crippen LogP contribution is -2.47. The molecule has 2 aliphatic rings. The van der Waals surface area contributed by atoms with E-state index in [-0.39, 0.29) is 12.1 Å². The van der Waals surface area contributed by atoms with Gasteiger partial charge in [0.15, 0.2) is 0 Å². The van der Waals surface area contributed by atoms with Gasteiger partial charge in [-0.05, 0) is 51.2 Å². The predicted molar refractivity (Wildman–Crippen MR) is 83.3 cm³/mol. The third-order valence-corrected chi connectivity index (χ3v) is 5.11. The number of nitrogens with zero attached hydrogens (tertiary/aromatic N) is 2. The number of imidazole rings is 1. The Bertz CT molecular complexity index is 661. The summed E-state index contributed by atoms with van der Waals surface area (Å²) in [6.45, 7) is 2.33. The normalized spacial score (nSPS) is 29.3. The van der Waals surface area contributed by atoms with Crippen molar-refractivity contribution in [3.8, 4) is 0 Å². The summed E-state index contributed by atoms with van der Waals surface area (Å²) in [5.41, 5.74) is 2.22. The zero-order valence-corrected chi connectivity index (χ0v) is 12.5. The van der Waals surface area contributed by atoms with Crippen LogP contribution in [-0.2, 0) is 0 Å². The van der Waals surface area contributed by atoms with Crippen molar-refractivity contribution in [2.75, 3.05) is 6.61 Å². The number of rotatable bonds is 4. The molecule has 0 bridgehead atoms. The highest BCUT2D eigenvalue weighted by molar-refractivity contribution is 5.76. The zero-order chi connectivity index (χ0) is 14.4. The average Bonchev–Trinajstić information content (AvgIpc) is 3.09. The molecule has 2 N–H and O–H groups in total. The van der Waals surface area contributed by atoms with E-state index in [0.717, 1.165) is 30.6 Å². The van der Waals surface area contributed by atoms with Crippen LogP contribution in [0.1, 0.15) is 44.0 Å². The molecule has 2 atom stereocenters. The average molecular weight is 285 g/mol. The third kappa shape index (κ3) is 2.27. The number of hydrogen-bond acceptors (Lipinski definition) is 3. The van der Waals surface area contributed by atoms with Crippen molar-refractivity contribution in [1.29, 1.82) is 0 Å². The lowest BCUT2D eigenvalue weighted by atomic mass is 9.98. The second kappa shape index (κ2) is 4.82. The fourth-order valence-corrected chi connectivity index (χ4v) is 3.93. The molecule has 0 radical (unpaired) electrons. The van der Waals surface area contributed by atoms with E-state index in [1.54, 1.807) is 0 Å². The van der Waals surface area contributed by atoms with E-state index in [0.29, 0.717) is 12.1 Å². The first kappa shape index (κ1) is 13.3. The number of nitrogens with one attached hydrogen (secondary N) is 1. The highest BCUT2D eigenvalue weighted by Gasteiger charge is 2.43. The fraction of sp³-hybridized carbons (Fsp3) is 0.588. The molecule has 0 aliphatic heterocycles. The van der Waals surface area contributed by atoms with Crippen molar-refractivity contribution >= 4 is 11.0 Å². The van der Waals surface area contributed by atoms with Gasteiger partial charge in [-0.15, -0.1) is 0 Å². The minimum absolute atomic E-state index is 0.0797. The molecule has 1 aromatic heterocycles. The molecule has 4 nitrogen and oxygen atoms in total. The first-order valence-corrected chi connectivity index (χ1v) is 8.03. The Morgan fingerprint density at radius 3 is 2.90 bits per heavy atom. The first-order valence-electron chi connectivity index (χ1n) is 8.03. The van der Waals surface area contributed by atoms with E-state index in [4.69, 9.17) is 0 Å². The van der Waals surface area contributed by atoms with Gasteiger partial charge in [-0.3, -0.25) is 0 Å². The van der Waals surface area contributed by atoms with Crippen molar-refractivity contribution in [3.63, 3.8) is 0 Å². The van der Waals surface area contributed by atoms with E-state index in [2.05, 4.69) is 40.0 Å². The molecule has 0 amide bonds. The molecule has 4 heteroatoms. The third-order valence-electron chi connectivity index (χ3n) is 5.11. The Kier molecular flexibility index (Phi) is 3.05. The minimum atomic E-state index is -0.0797. The largest absolute Gasteiger partial charge is 0.394 e. The number of aromatic nitrogens is 2. The molecule has 0 saturated heterocycles. The quantitative estimate of drug-likeness (QED) is 0.907. The van der Waals surface area contributed by atoms with Crippen molar-refractivity contribution in [1.82, 2.24) is 14.9 Å². The number of aryl methyl sites for hydroxylation is 1. The topological polar surface area (TPSA) is 50.1 Å². The predicted octanol–water partition coefficient (Wildman–Crippen LogP) is 2.55. The number of aliphatic hydroxyl groups excluding tert-OH is 1. The van der Waals surface area contributed by atoms with E-state index in [9.17, 15) is 5.11 Å². The highest BCUT2D eigenvalue weighted by atomic mass is 16.3. The highest BCUT2D eigenvalue weighted by Crippen LogP contribution is 2.41. The maximum atomic E-state index is 9.90. The van der Waals surface area contributed by atoms with Gasteiger partial charge in [0, 0.05) is 17.6 Å². The van der Waals surface area contributed by atoms with E-state index in [1.165, 1.54) is 18.4 Å². The van der Waals surface area contributed by atoms with Gasteiger partial charge in [-0.25, -0.2) is 4.98 Å². The van der Waals surface area contributed by atoms with Gasteiger partial charge in [-0.2, -0.15) is 0 Å². The van der Waals surface area contributed by atoms with Crippen LogP contribution in [0.3, 0.4) is 0 Å². The Labute approximate surface area is 125 Å². The first-order chi connectivity index (χ1) is 10.2. The molecule has 112 valence electrons. The zero-order valence-electron chi connectivity index (χ0n) is 12.5. The van der Waals surface area contributed by atoms with Crippen LogP contribution in [0.2, 0.25) is 0 Å². The Balaban J connectivity index is 1.65. The number of para-hydroxylation sites is 2. The van der Waals surface area contributed by atoms with Crippen LogP contribution in [0.4, 0.5) is 0 Å². The molecule has 21 heavy (non-hydrogen) atoms. The van der Waals surface area contributed by atoms with E-state index >= 15 is 0 Å². The lowest BCUT2D eigenvalue weighted by Gasteiger charge is -2.29. The van der Waals surface area contributed by atoms with Crippen LogP contribution in [0.25, 0.3) is 11.0 Å². The smallest absolute Gasteiger partial charge is 0.106 e. The van der Waals surface area contributed by atoms with Crippen LogP contribution in [0, 0.1) is 6.92 Å². The molecule has 0 spiro atoms. The van der Waals surface area contributed by atoms with Gasteiger partial charge in [0.05, 0.1) is 17.6 Å². The van der Waals surface area contributed by atoms with Crippen LogP contribution >= 0.6 is 0 Å².